The molecule has 1 aliphatic rings. The number of hydrogen-bond donors (Lipinski definition) is 3. The average Bonchev–Trinajstić information content (AvgIpc) is 2.04. The second-order valence-corrected chi connectivity index (χ2v) is 2.56. The summed E-state index contributed by atoms with van der Waals surface area (Å²) in [6, 6.07) is 2.05. The number of nitrogens with zero attached hydrogens (tertiary/aromatic N) is 1. The Kier molecular flexibility index (Phi) is 5.32. The van der Waals surface area contributed by atoms with Gasteiger partial charge in [0, 0.05) is 32.1 Å². The second-order valence-electron chi connectivity index (χ2n) is 2.56. The fourth-order valence-electron chi connectivity index (χ4n) is 0.812. The molecule has 0 bridgehead atoms. The number of nitrogens with two attached hydrogens (primary N) is 1. The maximum atomic E-state index is 9.00. The number of hydrogen-bond acceptors (Lipinski definition) is 4. The van der Waals surface area contributed by atoms with Crippen LogP contribution in [-0.2, 0) is 4.79 Å². The lowest BCUT2D eigenvalue weighted by Gasteiger charge is -2.12. The second kappa shape index (κ2) is 6.03. The predicted molar refractivity (Wildman–Crippen MR) is 47.6 cm³/mol. The van der Waals surface area contributed by atoms with Crippen LogP contribution in [0.1, 0.15) is 13.3 Å². The highest BCUT2D eigenvalue weighted by molar-refractivity contribution is 5.62. The van der Waals surface area contributed by atoms with E-state index in [1.54, 1.807) is 0 Å². The lowest BCUT2D eigenvalue weighted by Crippen LogP contribution is -2.27. The van der Waals surface area contributed by atoms with Crippen molar-refractivity contribution in [2.75, 3.05) is 13.1 Å². The van der Waals surface area contributed by atoms with E-state index in [0.717, 1.165) is 25.6 Å². The van der Waals surface area contributed by atoms with E-state index in [1.165, 1.54) is 0 Å². The van der Waals surface area contributed by atoms with Gasteiger partial charge in [-0.05, 0) is 0 Å². The van der Waals surface area contributed by atoms with Gasteiger partial charge in [-0.2, -0.15) is 5.26 Å². The van der Waals surface area contributed by atoms with E-state index in [4.69, 9.17) is 20.9 Å². The number of carboxylic acids is 1. The highest BCUT2D eigenvalue weighted by atomic mass is 16.4. The Balaban J connectivity index is 0.000000310. The van der Waals surface area contributed by atoms with Crippen LogP contribution in [-0.4, -0.2) is 24.2 Å². The molecule has 0 spiro atoms. The van der Waals surface area contributed by atoms with Gasteiger partial charge in [0.2, 0.25) is 0 Å². The van der Waals surface area contributed by atoms with Crippen molar-refractivity contribution in [3.63, 3.8) is 0 Å². The van der Waals surface area contributed by atoms with Crippen LogP contribution in [0.5, 0.6) is 0 Å². The minimum Gasteiger partial charge on any atom is -0.481 e. The fourth-order valence-corrected chi connectivity index (χ4v) is 0.812. The molecule has 1 rings (SSSR count). The first kappa shape index (κ1) is 11.5. The maximum absolute atomic E-state index is 9.00. The van der Waals surface area contributed by atoms with Gasteiger partial charge >= 0.3 is 0 Å². The molecular weight excluding hydrogens is 170 g/mol. The van der Waals surface area contributed by atoms with Gasteiger partial charge in [-0.25, -0.2) is 0 Å². The Hall–Kier alpha value is -1.54. The van der Waals surface area contributed by atoms with Crippen molar-refractivity contribution in [1.29, 1.82) is 5.26 Å². The van der Waals surface area contributed by atoms with E-state index in [0.29, 0.717) is 12.1 Å². The van der Waals surface area contributed by atoms with E-state index in [1.807, 2.05) is 6.07 Å². The highest BCUT2D eigenvalue weighted by Gasteiger charge is 2.06. The van der Waals surface area contributed by atoms with Crippen molar-refractivity contribution in [2.45, 2.75) is 13.3 Å². The van der Waals surface area contributed by atoms with Crippen molar-refractivity contribution < 1.29 is 9.90 Å². The number of aliphatic carboxylic acids is 1. The monoisotopic (exact) mass is 183 g/mol. The summed E-state index contributed by atoms with van der Waals surface area (Å²) < 4.78 is 0. The van der Waals surface area contributed by atoms with Gasteiger partial charge < -0.3 is 16.2 Å². The minimum absolute atomic E-state index is 0.641. The molecule has 0 saturated heterocycles. The van der Waals surface area contributed by atoms with Crippen LogP contribution in [0, 0.1) is 11.3 Å². The van der Waals surface area contributed by atoms with E-state index < -0.39 is 5.97 Å². The molecule has 5 nitrogen and oxygen atoms in total. The molecule has 1 aliphatic heterocycles. The molecule has 0 saturated carbocycles. The third-order valence-electron chi connectivity index (χ3n) is 1.40. The first-order valence-corrected chi connectivity index (χ1v) is 3.85. The van der Waals surface area contributed by atoms with Crippen LogP contribution in [0.2, 0.25) is 0 Å². The largest absolute Gasteiger partial charge is 0.481 e. The molecule has 0 aliphatic carbocycles. The van der Waals surface area contributed by atoms with Crippen molar-refractivity contribution in [1.82, 2.24) is 5.32 Å². The average molecular weight is 183 g/mol. The third-order valence-corrected chi connectivity index (χ3v) is 1.40. The van der Waals surface area contributed by atoms with Crippen LogP contribution >= 0.6 is 0 Å². The highest BCUT2D eigenvalue weighted by Crippen LogP contribution is 2.04. The SMILES string of the molecule is CC(=O)O.N#CC1=C(N)CCNC1. The molecule has 13 heavy (non-hydrogen) atoms. The van der Waals surface area contributed by atoms with Crippen molar-refractivity contribution >= 4 is 5.97 Å². The molecule has 72 valence electrons. The maximum Gasteiger partial charge on any atom is 0.300 e. The molecule has 0 aromatic rings. The Bertz CT molecular complexity index is 249. The van der Waals surface area contributed by atoms with E-state index in [2.05, 4.69) is 5.32 Å². The number of rotatable bonds is 0. The first-order chi connectivity index (χ1) is 6.07. The molecule has 0 radical (unpaired) electrons. The van der Waals surface area contributed by atoms with Crippen LogP contribution in [0.25, 0.3) is 0 Å². The Labute approximate surface area is 76.8 Å². The lowest BCUT2D eigenvalue weighted by molar-refractivity contribution is -0.134. The standard InChI is InChI=1S/C6H9N3.C2H4O2/c7-3-5-4-9-2-1-6(5)8;1-2(3)4/h9H,1-2,4,8H2;1H3,(H,3,4). The van der Waals surface area contributed by atoms with Crippen LogP contribution in [0.3, 0.4) is 0 Å². The quantitative estimate of drug-likeness (QED) is 0.483. The number of carboxylic acid groups (broad SMARTS) is 1. The predicted octanol–water partition coefficient (Wildman–Crippen LogP) is -0.193. The fraction of sp³-hybridized carbons (Fsp3) is 0.500. The molecule has 4 N–H and O–H groups in total. The third kappa shape index (κ3) is 5.70. The van der Waals surface area contributed by atoms with Gasteiger partial charge in [0.15, 0.2) is 0 Å². The molecule has 0 aromatic carbocycles. The van der Waals surface area contributed by atoms with Crippen LogP contribution < -0.4 is 11.1 Å². The van der Waals surface area contributed by atoms with Crippen molar-refractivity contribution in [2.24, 2.45) is 5.73 Å². The lowest BCUT2D eigenvalue weighted by atomic mass is 10.1. The smallest absolute Gasteiger partial charge is 0.300 e. The topological polar surface area (TPSA) is 99.1 Å². The summed E-state index contributed by atoms with van der Waals surface area (Å²) in [6.45, 7) is 2.62. The van der Waals surface area contributed by atoms with Gasteiger partial charge in [0.25, 0.3) is 5.97 Å². The summed E-state index contributed by atoms with van der Waals surface area (Å²) in [4.78, 5) is 9.00. The molecule has 5 heteroatoms. The molecule has 0 fully saturated rings. The molecule has 1 heterocycles. The summed E-state index contributed by atoms with van der Waals surface area (Å²) in [5.74, 6) is -0.833. The van der Waals surface area contributed by atoms with Gasteiger partial charge in [-0.1, -0.05) is 0 Å². The number of nitriles is 1. The zero-order valence-corrected chi connectivity index (χ0v) is 7.50. The Morgan fingerprint density at radius 3 is 2.62 bits per heavy atom. The van der Waals surface area contributed by atoms with Gasteiger partial charge in [0.05, 0.1) is 11.6 Å². The van der Waals surface area contributed by atoms with Gasteiger partial charge in [-0.15, -0.1) is 0 Å². The summed E-state index contributed by atoms with van der Waals surface area (Å²) >= 11 is 0. The number of carbonyl (C=O) groups is 1. The normalized spacial score (nSPS) is 15.4. The molecule has 0 aromatic heterocycles. The van der Waals surface area contributed by atoms with Crippen LogP contribution in [0.4, 0.5) is 0 Å². The van der Waals surface area contributed by atoms with Crippen LogP contribution in [0.15, 0.2) is 11.3 Å². The van der Waals surface area contributed by atoms with Crippen molar-refractivity contribution in [3.05, 3.63) is 11.3 Å². The molecule has 0 unspecified atom stereocenters. The summed E-state index contributed by atoms with van der Waals surface area (Å²) in [5, 5.41) is 18.9. The van der Waals surface area contributed by atoms with Crippen molar-refractivity contribution in [3.8, 4) is 6.07 Å². The zero-order chi connectivity index (χ0) is 10.3. The Morgan fingerprint density at radius 2 is 2.31 bits per heavy atom. The van der Waals surface area contributed by atoms with Gasteiger partial charge in [-0.3, -0.25) is 4.79 Å². The minimum atomic E-state index is -0.833. The van der Waals surface area contributed by atoms with E-state index >= 15 is 0 Å². The van der Waals surface area contributed by atoms with E-state index in [9.17, 15) is 0 Å². The molecular formula is C8H13N3O2. The number of nitrogens with one attached hydrogen (secondary N) is 1. The van der Waals surface area contributed by atoms with Gasteiger partial charge in [0.1, 0.15) is 0 Å². The summed E-state index contributed by atoms with van der Waals surface area (Å²) in [7, 11) is 0. The first-order valence-electron chi connectivity index (χ1n) is 3.85. The summed E-state index contributed by atoms with van der Waals surface area (Å²) in [5.41, 5.74) is 6.95. The molecule has 0 atom stereocenters. The zero-order valence-electron chi connectivity index (χ0n) is 7.50. The van der Waals surface area contributed by atoms with E-state index in [-0.39, 0.29) is 0 Å². The Morgan fingerprint density at radius 1 is 1.77 bits per heavy atom. The molecule has 0 amide bonds. The summed E-state index contributed by atoms with van der Waals surface area (Å²) in [6.07, 6.45) is 0.808.